The highest BCUT2D eigenvalue weighted by atomic mass is 15.4. The van der Waals surface area contributed by atoms with Crippen LogP contribution in [0, 0.1) is 0 Å². The first-order chi connectivity index (χ1) is 7.58. The Morgan fingerprint density at radius 2 is 1.19 bits per heavy atom. The predicted octanol–water partition coefficient (Wildman–Crippen LogP) is 2.39. The van der Waals surface area contributed by atoms with E-state index in [4.69, 9.17) is 0 Å². The van der Waals surface area contributed by atoms with Crippen LogP contribution in [0.3, 0.4) is 0 Å². The molecule has 0 aliphatic rings. The molecule has 0 aliphatic heterocycles. The van der Waals surface area contributed by atoms with Crippen LogP contribution in [0.4, 0.5) is 0 Å². The van der Waals surface area contributed by atoms with Crippen LogP contribution >= 0.6 is 0 Å². The molecule has 0 aromatic carbocycles. The molecule has 0 radical (unpaired) electrons. The van der Waals surface area contributed by atoms with Crippen molar-refractivity contribution in [3.8, 4) is 0 Å². The lowest BCUT2D eigenvalue weighted by atomic mass is 10.2. The summed E-state index contributed by atoms with van der Waals surface area (Å²) in [6, 6.07) is 1.12. The van der Waals surface area contributed by atoms with Crippen LogP contribution in [0.15, 0.2) is 0 Å². The summed E-state index contributed by atoms with van der Waals surface area (Å²) in [4.78, 5) is 2.43. The highest BCUT2D eigenvalue weighted by Crippen LogP contribution is 2.00. The molecule has 2 atom stereocenters. The van der Waals surface area contributed by atoms with Crippen LogP contribution in [0.2, 0.25) is 0 Å². The number of nitrogens with zero attached hydrogens (tertiary/aromatic N) is 1. The van der Waals surface area contributed by atoms with Crippen molar-refractivity contribution in [1.29, 1.82) is 0 Å². The van der Waals surface area contributed by atoms with E-state index in [1.165, 1.54) is 12.8 Å². The molecule has 0 heterocycles. The molecule has 0 amide bonds. The molecular formula is C13H31N3. The lowest BCUT2D eigenvalue weighted by molar-refractivity contribution is 0.124. The Balaban J connectivity index is 4.35. The molecule has 0 aliphatic carbocycles. The second kappa shape index (κ2) is 8.97. The van der Waals surface area contributed by atoms with E-state index >= 15 is 0 Å². The SMILES string of the molecule is CCC(C)NC(NC(C)CC)N(CC)CC. The van der Waals surface area contributed by atoms with Crippen LogP contribution in [0.25, 0.3) is 0 Å². The van der Waals surface area contributed by atoms with E-state index in [-0.39, 0.29) is 0 Å². The van der Waals surface area contributed by atoms with Crippen LogP contribution < -0.4 is 10.6 Å². The van der Waals surface area contributed by atoms with Crippen molar-refractivity contribution >= 4 is 0 Å². The van der Waals surface area contributed by atoms with E-state index < -0.39 is 0 Å². The van der Waals surface area contributed by atoms with E-state index in [0.717, 1.165) is 13.1 Å². The van der Waals surface area contributed by atoms with Crippen molar-refractivity contribution in [2.75, 3.05) is 13.1 Å². The largest absolute Gasteiger partial charge is 0.287 e. The van der Waals surface area contributed by atoms with Gasteiger partial charge in [0.05, 0.1) is 0 Å². The van der Waals surface area contributed by atoms with Gasteiger partial charge in [0.2, 0.25) is 0 Å². The zero-order chi connectivity index (χ0) is 12.6. The Morgan fingerprint density at radius 3 is 1.44 bits per heavy atom. The van der Waals surface area contributed by atoms with Gasteiger partial charge in [-0.3, -0.25) is 15.5 Å². The zero-order valence-corrected chi connectivity index (χ0v) is 12.0. The number of hydrogen-bond acceptors (Lipinski definition) is 3. The Hall–Kier alpha value is -0.120. The summed E-state index contributed by atoms with van der Waals surface area (Å²) in [6.07, 6.45) is 2.64. The minimum absolute atomic E-state index is 0.305. The summed E-state index contributed by atoms with van der Waals surface area (Å²) in [5.74, 6) is 0. The van der Waals surface area contributed by atoms with Crippen molar-refractivity contribution in [3.63, 3.8) is 0 Å². The first kappa shape index (κ1) is 15.9. The topological polar surface area (TPSA) is 27.3 Å². The summed E-state index contributed by atoms with van der Waals surface area (Å²) < 4.78 is 0. The van der Waals surface area contributed by atoms with Gasteiger partial charge in [-0.25, -0.2) is 0 Å². The molecule has 0 spiro atoms. The molecular weight excluding hydrogens is 198 g/mol. The Morgan fingerprint density at radius 1 is 0.812 bits per heavy atom. The molecule has 0 aromatic heterocycles. The van der Waals surface area contributed by atoms with Crippen molar-refractivity contribution in [2.45, 2.75) is 72.8 Å². The minimum atomic E-state index is 0.305. The summed E-state index contributed by atoms with van der Waals surface area (Å²) in [5.41, 5.74) is 0. The lowest BCUT2D eigenvalue weighted by Gasteiger charge is -2.35. The number of hydrogen-bond donors (Lipinski definition) is 2. The second-order valence-corrected chi connectivity index (χ2v) is 4.58. The van der Waals surface area contributed by atoms with Gasteiger partial charge in [-0.15, -0.1) is 0 Å². The van der Waals surface area contributed by atoms with Crippen molar-refractivity contribution < 1.29 is 0 Å². The maximum atomic E-state index is 3.65. The highest BCUT2D eigenvalue weighted by molar-refractivity contribution is 4.72. The molecule has 98 valence electrons. The molecule has 3 heteroatoms. The van der Waals surface area contributed by atoms with Crippen LogP contribution in [0.1, 0.15) is 54.4 Å². The molecule has 0 aromatic rings. The Bertz CT molecular complexity index is 145. The average molecular weight is 229 g/mol. The van der Waals surface area contributed by atoms with Gasteiger partial charge < -0.3 is 0 Å². The van der Waals surface area contributed by atoms with E-state index in [2.05, 4.69) is 57.1 Å². The van der Waals surface area contributed by atoms with E-state index in [1.807, 2.05) is 0 Å². The minimum Gasteiger partial charge on any atom is -0.287 e. The third kappa shape index (κ3) is 5.83. The second-order valence-electron chi connectivity index (χ2n) is 4.58. The zero-order valence-electron chi connectivity index (χ0n) is 12.0. The van der Waals surface area contributed by atoms with E-state index in [9.17, 15) is 0 Å². The van der Waals surface area contributed by atoms with Gasteiger partial charge in [-0.05, 0) is 39.8 Å². The van der Waals surface area contributed by atoms with Crippen molar-refractivity contribution in [3.05, 3.63) is 0 Å². The monoisotopic (exact) mass is 229 g/mol. The van der Waals surface area contributed by atoms with Gasteiger partial charge in [0.15, 0.2) is 0 Å². The van der Waals surface area contributed by atoms with Crippen molar-refractivity contribution in [1.82, 2.24) is 15.5 Å². The molecule has 2 unspecified atom stereocenters. The van der Waals surface area contributed by atoms with Crippen LogP contribution in [-0.2, 0) is 0 Å². The van der Waals surface area contributed by atoms with Crippen LogP contribution in [0.5, 0.6) is 0 Å². The van der Waals surface area contributed by atoms with Gasteiger partial charge >= 0.3 is 0 Å². The highest BCUT2D eigenvalue weighted by Gasteiger charge is 2.18. The fourth-order valence-electron chi connectivity index (χ4n) is 1.62. The van der Waals surface area contributed by atoms with Gasteiger partial charge in [0.1, 0.15) is 6.29 Å². The standard InChI is InChI=1S/C13H31N3/c1-7-11(5)14-13(15-12(6)8-2)16(9-3)10-4/h11-15H,7-10H2,1-6H3. The Labute approximate surface area is 102 Å². The molecule has 0 saturated carbocycles. The smallest absolute Gasteiger partial charge is 0.114 e. The fourth-order valence-corrected chi connectivity index (χ4v) is 1.62. The van der Waals surface area contributed by atoms with Crippen molar-refractivity contribution in [2.24, 2.45) is 0 Å². The molecule has 2 N–H and O–H groups in total. The first-order valence-corrected chi connectivity index (χ1v) is 6.84. The van der Waals surface area contributed by atoms with Crippen LogP contribution in [-0.4, -0.2) is 36.4 Å². The van der Waals surface area contributed by atoms with Gasteiger partial charge in [0.25, 0.3) is 0 Å². The number of rotatable bonds is 9. The predicted molar refractivity (Wildman–Crippen MR) is 72.5 cm³/mol. The molecule has 0 rings (SSSR count). The molecule has 0 fully saturated rings. The molecule has 3 nitrogen and oxygen atoms in total. The lowest BCUT2D eigenvalue weighted by Crippen LogP contribution is -2.59. The normalized spacial score (nSPS) is 17.4. The van der Waals surface area contributed by atoms with E-state index in [1.54, 1.807) is 0 Å². The summed E-state index contributed by atoms with van der Waals surface area (Å²) in [6.45, 7) is 15.5. The van der Waals surface area contributed by atoms with Gasteiger partial charge in [-0.1, -0.05) is 27.7 Å². The maximum absolute atomic E-state index is 3.65. The summed E-state index contributed by atoms with van der Waals surface area (Å²) in [7, 11) is 0. The fraction of sp³-hybridized carbons (Fsp3) is 1.00. The maximum Gasteiger partial charge on any atom is 0.114 e. The molecule has 0 saturated heterocycles. The van der Waals surface area contributed by atoms with Gasteiger partial charge in [0, 0.05) is 12.1 Å². The molecule has 16 heavy (non-hydrogen) atoms. The quantitative estimate of drug-likeness (QED) is 0.595. The average Bonchev–Trinajstić information content (AvgIpc) is 2.29. The van der Waals surface area contributed by atoms with E-state index in [0.29, 0.717) is 18.4 Å². The molecule has 0 bridgehead atoms. The third-order valence-electron chi connectivity index (χ3n) is 3.29. The number of nitrogens with one attached hydrogen (secondary N) is 2. The summed E-state index contributed by atoms with van der Waals surface area (Å²) in [5, 5.41) is 7.30. The van der Waals surface area contributed by atoms with Gasteiger partial charge in [-0.2, -0.15) is 0 Å². The third-order valence-corrected chi connectivity index (χ3v) is 3.29. The Kier molecular flexibility index (Phi) is 8.90. The summed E-state index contributed by atoms with van der Waals surface area (Å²) >= 11 is 0. The first-order valence-electron chi connectivity index (χ1n) is 6.84.